The van der Waals surface area contributed by atoms with Gasteiger partial charge in [0.25, 0.3) is 0 Å². The Balaban J connectivity index is 1.62. The molecule has 0 atom stereocenters. The summed E-state index contributed by atoms with van der Waals surface area (Å²) in [5.41, 5.74) is -6.34. The molecule has 1 saturated heterocycles. The number of hydrogen-bond donors (Lipinski definition) is 0. The third-order valence-corrected chi connectivity index (χ3v) is 8.33. The summed E-state index contributed by atoms with van der Waals surface area (Å²) in [4.78, 5) is 28.0. The normalized spacial score (nSPS) is 24.6. The summed E-state index contributed by atoms with van der Waals surface area (Å²) in [5.74, 6) is -5.39. The SMILES string of the molecule is [2H]C([2H])(Sc1cc(=O)c2ccccc2n1C([2H])([2H])C(=O)N(Cc1ccc(-c2ccc(C(F)(F)F)cc2)cc1)C1([2H])C([2H])([2H])C([2H])([2H])N(C([2H])([2H])C([2H])([2H])OC)C([2H])([2H])C1([2H])[2H])c1cccc(F)c1F. The van der Waals surface area contributed by atoms with E-state index in [1.165, 1.54) is 24.3 Å². The number of alkyl halides is 3. The van der Waals surface area contributed by atoms with Crippen molar-refractivity contribution >= 4 is 28.6 Å². The third kappa shape index (κ3) is 8.74. The first-order valence-corrected chi connectivity index (χ1v) is 15.9. The Hall–Kier alpha value is -4.52. The molecule has 6 rings (SSSR count). The van der Waals surface area contributed by atoms with E-state index < -0.39 is 119 Å². The number of benzene rings is 4. The lowest BCUT2D eigenvalue weighted by molar-refractivity contribution is -0.137. The highest BCUT2D eigenvalue weighted by Gasteiger charge is 2.31. The van der Waals surface area contributed by atoms with E-state index in [1.54, 1.807) is 0 Å². The van der Waals surface area contributed by atoms with Crippen LogP contribution in [0.25, 0.3) is 22.0 Å². The van der Waals surface area contributed by atoms with Crippen molar-refractivity contribution in [3.63, 3.8) is 0 Å². The van der Waals surface area contributed by atoms with E-state index in [0.29, 0.717) is 23.8 Å². The van der Waals surface area contributed by atoms with Gasteiger partial charge in [-0.2, -0.15) is 13.2 Å². The number of aromatic nitrogens is 1. The number of halogens is 5. The van der Waals surface area contributed by atoms with Crippen molar-refractivity contribution < 1.29 is 54.8 Å². The fourth-order valence-electron chi connectivity index (χ4n) is 4.93. The van der Waals surface area contributed by atoms with E-state index in [-0.39, 0.29) is 38.7 Å². The van der Waals surface area contributed by atoms with Gasteiger partial charge >= 0.3 is 6.18 Å². The van der Waals surface area contributed by atoms with E-state index in [2.05, 4.69) is 4.74 Å². The lowest BCUT2D eigenvalue weighted by atomic mass is 10.00. The average Bonchev–Trinajstić information content (AvgIpc) is 3.24. The topological polar surface area (TPSA) is 54.8 Å². The summed E-state index contributed by atoms with van der Waals surface area (Å²) in [5, 5.41) is -1.20. The fourth-order valence-corrected chi connectivity index (χ4v) is 5.71. The maximum absolute atomic E-state index is 15.5. The van der Waals surface area contributed by atoms with Gasteiger partial charge in [-0.25, -0.2) is 8.78 Å². The molecule has 2 heterocycles. The summed E-state index contributed by atoms with van der Waals surface area (Å²) >= 11 is -0.114. The van der Waals surface area contributed by atoms with Crippen LogP contribution in [0, 0.1) is 11.6 Å². The molecule has 0 saturated carbocycles. The van der Waals surface area contributed by atoms with Gasteiger partial charge in [0.2, 0.25) is 5.91 Å². The number of rotatable bonds is 12. The molecule has 12 heteroatoms. The highest BCUT2D eigenvalue weighted by Crippen LogP contribution is 2.32. The highest BCUT2D eigenvalue weighted by atomic mass is 32.2. The van der Waals surface area contributed by atoms with Crippen LogP contribution in [0.2, 0.25) is 0 Å². The van der Waals surface area contributed by atoms with Crippen LogP contribution in [0.1, 0.15) is 52.7 Å². The van der Waals surface area contributed by atoms with Gasteiger partial charge in [0.05, 0.1) is 29.5 Å². The number of thioether (sulfide) groups is 1. The number of piperidine rings is 1. The minimum absolute atomic E-state index is 0.114. The molecule has 1 amide bonds. The van der Waals surface area contributed by atoms with Crippen molar-refractivity contribution in [2.45, 2.75) is 48.7 Å². The van der Waals surface area contributed by atoms with E-state index >= 15 is 9.18 Å². The molecule has 0 spiro atoms. The smallest absolute Gasteiger partial charge is 0.383 e. The Morgan fingerprint density at radius 1 is 0.981 bits per heavy atom. The maximum Gasteiger partial charge on any atom is 0.416 e. The molecule has 52 heavy (non-hydrogen) atoms. The lowest BCUT2D eigenvalue weighted by Gasteiger charge is -2.39. The molecule has 0 radical (unpaired) electrons. The number of fused-ring (bicyclic) bond motifs is 1. The van der Waals surface area contributed by atoms with Crippen LogP contribution in [-0.2, 0) is 34.5 Å². The quantitative estimate of drug-likeness (QED) is 0.0947. The molecule has 4 aromatic carbocycles. The largest absolute Gasteiger partial charge is 0.416 e. The maximum atomic E-state index is 15.5. The average molecular weight is 753 g/mol. The van der Waals surface area contributed by atoms with Gasteiger partial charge in [0.1, 0.15) is 6.50 Å². The first kappa shape index (κ1) is 21.2. The van der Waals surface area contributed by atoms with Crippen molar-refractivity contribution in [3.8, 4) is 11.1 Å². The number of carbonyl (C=O) groups is 1. The zero-order valence-electron chi connectivity index (χ0n) is 43.8. The van der Waals surface area contributed by atoms with E-state index in [4.69, 9.17) is 13.7 Å². The van der Waals surface area contributed by atoms with Crippen molar-refractivity contribution in [2.75, 3.05) is 33.2 Å². The van der Waals surface area contributed by atoms with Gasteiger partial charge in [-0.05, 0) is 59.8 Å². The number of para-hydroxylation sites is 1. The van der Waals surface area contributed by atoms with Gasteiger partial charge in [-0.1, -0.05) is 60.7 Å². The highest BCUT2D eigenvalue weighted by molar-refractivity contribution is 7.98. The Morgan fingerprint density at radius 2 is 1.65 bits per heavy atom. The standard InChI is InChI=1S/C40H38F5N3O3S/c1-51-22-21-46-19-17-32(18-20-46)47(24-27-9-11-28(12-10-27)29-13-15-31(16-14-29)40(43,44)45)37(50)25-48-35-8-3-2-6-33(35)36(49)23-38(48)52-26-30-5-4-7-34(41)39(30)42/h2-16,23,32H,17-22,24-26H2,1H3/i17D2,18D2,19D2,20D2,21D2,22D2,25D2,26D2,32D. The summed E-state index contributed by atoms with van der Waals surface area (Å²) < 4.78 is 226. The van der Waals surface area contributed by atoms with Crippen LogP contribution in [0.5, 0.6) is 0 Å². The molecule has 5 aromatic rings. The number of carbonyl (C=O) groups excluding carboxylic acids is 1. The molecular weight excluding hydrogens is 698 g/mol. The fraction of sp³-hybridized carbons (Fsp3) is 0.300. The number of pyridine rings is 1. The van der Waals surface area contributed by atoms with E-state index in [9.17, 15) is 32.0 Å². The lowest BCUT2D eigenvalue weighted by Crippen LogP contribution is -2.48. The third-order valence-electron chi connectivity index (χ3n) is 7.50. The van der Waals surface area contributed by atoms with Gasteiger partial charge in [-0.15, -0.1) is 11.8 Å². The van der Waals surface area contributed by atoms with Crippen LogP contribution in [0.15, 0.2) is 107 Å². The van der Waals surface area contributed by atoms with Gasteiger partial charge in [-0.3, -0.25) is 9.59 Å². The second-order valence-electron chi connectivity index (χ2n) is 10.9. The van der Waals surface area contributed by atoms with Crippen molar-refractivity contribution in [1.29, 1.82) is 0 Å². The number of nitrogens with zero attached hydrogens (tertiary/aromatic N) is 3. The first-order valence-electron chi connectivity index (χ1n) is 23.6. The minimum Gasteiger partial charge on any atom is -0.383 e. The molecule has 0 bridgehead atoms. The predicted molar refractivity (Wildman–Crippen MR) is 193 cm³/mol. The molecule has 1 aromatic heterocycles. The first-order chi connectivity index (χ1) is 31.4. The second kappa shape index (κ2) is 16.4. The summed E-state index contributed by atoms with van der Waals surface area (Å²) in [7, 11) is 0.587. The Labute approximate surface area is 326 Å². The minimum atomic E-state index is -4.68. The molecule has 1 fully saturated rings. The summed E-state index contributed by atoms with van der Waals surface area (Å²) in [6.45, 7) is -22.0. The van der Waals surface area contributed by atoms with Crippen LogP contribution >= 0.6 is 11.8 Å². The van der Waals surface area contributed by atoms with Gasteiger partial charge < -0.3 is 19.1 Å². The zero-order valence-corrected chi connectivity index (χ0v) is 27.6. The number of ether oxygens (including phenoxy) is 1. The van der Waals surface area contributed by atoms with Crippen molar-refractivity contribution in [2.24, 2.45) is 0 Å². The van der Waals surface area contributed by atoms with Gasteiger partial charge in [0.15, 0.2) is 17.1 Å². The van der Waals surface area contributed by atoms with Crippen LogP contribution in [0.3, 0.4) is 0 Å². The molecule has 0 unspecified atom stereocenters. The van der Waals surface area contributed by atoms with Gasteiger partial charge in [0, 0.05) is 78.3 Å². The molecule has 0 N–H and O–H groups in total. The molecule has 1 aliphatic heterocycles. The summed E-state index contributed by atoms with van der Waals surface area (Å²) in [6, 6.07) is 11.9. The number of likely N-dealkylation sites (tertiary alicyclic amines) is 1. The number of amides is 1. The van der Waals surface area contributed by atoms with Crippen molar-refractivity contribution in [1.82, 2.24) is 14.4 Å². The van der Waals surface area contributed by atoms with Crippen LogP contribution in [0.4, 0.5) is 22.0 Å². The number of hydrogen-bond acceptors (Lipinski definition) is 5. The Kier molecular flexibility index (Phi) is 6.72. The molecule has 0 aliphatic carbocycles. The van der Waals surface area contributed by atoms with Crippen LogP contribution < -0.4 is 5.43 Å². The molecule has 1 aliphatic rings. The second-order valence-corrected chi connectivity index (χ2v) is 11.7. The molecular formula is C40H38F5N3O3S. The Morgan fingerprint density at radius 3 is 2.33 bits per heavy atom. The molecule has 272 valence electrons. The van der Waals surface area contributed by atoms with E-state index in [1.807, 2.05) is 0 Å². The Bertz CT molecular complexity index is 2820. The summed E-state index contributed by atoms with van der Waals surface area (Å²) in [6.07, 6.45) is -13.6. The van der Waals surface area contributed by atoms with E-state index in [0.717, 1.165) is 60.7 Å². The van der Waals surface area contributed by atoms with Crippen molar-refractivity contribution in [3.05, 3.63) is 136 Å². The van der Waals surface area contributed by atoms with Crippen LogP contribution in [-0.4, -0.2) is 59.5 Å². The molecule has 6 nitrogen and oxygen atoms in total. The monoisotopic (exact) mass is 752 g/mol. The predicted octanol–water partition coefficient (Wildman–Crippen LogP) is 8.40. The zero-order chi connectivity index (χ0) is 52.1. The number of methoxy groups -OCH3 is 1.